The van der Waals surface area contributed by atoms with E-state index in [4.69, 9.17) is 4.74 Å². The van der Waals surface area contributed by atoms with Gasteiger partial charge in [-0.3, -0.25) is 4.79 Å². The van der Waals surface area contributed by atoms with E-state index < -0.39 is 11.9 Å². The standard InChI is InChI=1S/C24H25NO3/c1-4-25(5-2)19-14-15-20-22(16-19)28-24(27)21(23(20)17(3)26)13-9-12-18-10-7-6-8-11-18/h6-16,23H,4-5H2,1-3H3. The molecular weight excluding hydrogens is 350 g/mol. The number of benzene rings is 2. The van der Waals surface area contributed by atoms with Crippen molar-refractivity contribution in [2.24, 2.45) is 0 Å². The van der Waals surface area contributed by atoms with Gasteiger partial charge in [0.2, 0.25) is 0 Å². The zero-order valence-corrected chi connectivity index (χ0v) is 16.5. The molecule has 4 heteroatoms. The Balaban J connectivity index is 1.97. The molecule has 2 aromatic carbocycles. The van der Waals surface area contributed by atoms with Crippen molar-refractivity contribution in [3.05, 3.63) is 77.4 Å². The van der Waals surface area contributed by atoms with Gasteiger partial charge < -0.3 is 9.64 Å². The lowest BCUT2D eigenvalue weighted by molar-refractivity contribution is -0.133. The monoisotopic (exact) mass is 375 g/mol. The number of esters is 1. The van der Waals surface area contributed by atoms with Crippen LogP contribution >= 0.6 is 0 Å². The van der Waals surface area contributed by atoms with Crippen LogP contribution in [0.3, 0.4) is 0 Å². The molecular formula is C24H25NO3. The minimum Gasteiger partial charge on any atom is -0.423 e. The van der Waals surface area contributed by atoms with Crippen molar-refractivity contribution in [1.29, 1.82) is 0 Å². The Kier molecular flexibility index (Phi) is 6.09. The number of ketones is 1. The highest BCUT2D eigenvalue weighted by Gasteiger charge is 2.35. The van der Waals surface area contributed by atoms with Crippen molar-refractivity contribution in [1.82, 2.24) is 0 Å². The van der Waals surface area contributed by atoms with Gasteiger partial charge in [0.25, 0.3) is 0 Å². The highest BCUT2D eigenvalue weighted by Crippen LogP contribution is 2.40. The first-order valence-electron chi connectivity index (χ1n) is 9.60. The first-order chi connectivity index (χ1) is 13.5. The van der Waals surface area contributed by atoms with E-state index in [0.29, 0.717) is 11.3 Å². The third-order valence-electron chi connectivity index (χ3n) is 4.96. The van der Waals surface area contributed by atoms with Gasteiger partial charge in [0, 0.05) is 30.4 Å². The number of hydrogen-bond acceptors (Lipinski definition) is 4. The van der Waals surface area contributed by atoms with E-state index in [0.717, 1.165) is 29.9 Å². The van der Waals surface area contributed by atoms with Gasteiger partial charge in [0.05, 0.1) is 11.5 Å². The number of ether oxygens (including phenoxy) is 1. The molecule has 28 heavy (non-hydrogen) atoms. The largest absolute Gasteiger partial charge is 0.423 e. The van der Waals surface area contributed by atoms with Crippen LogP contribution < -0.4 is 9.64 Å². The summed E-state index contributed by atoms with van der Waals surface area (Å²) in [5.41, 5.74) is 3.10. The molecule has 1 heterocycles. The van der Waals surface area contributed by atoms with Crippen molar-refractivity contribution in [3.63, 3.8) is 0 Å². The van der Waals surface area contributed by atoms with Gasteiger partial charge in [-0.2, -0.15) is 0 Å². The maximum Gasteiger partial charge on any atom is 0.340 e. The van der Waals surface area contributed by atoms with Gasteiger partial charge in [-0.25, -0.2) is 4.79 Å². The first kappa shape index (κ1) is 19.6. The Morgan fingerprint density at radius 3 is 2.46 bits per heavy atom. The van der Waals surface area contributed by atoms with Crippen molar-refractivity contribution < 1.29 is 14.3 Å². The molecule has 0 spiro atoms. The van der Waals surface area contributed by atoms with Crippen LogP contribution in [0.1, 0.15) is 37.8 Å². The Morgan fingerprint density at radius 1 is 1.11 bits per heavy atom. The van der Waals surface area contributed by atoms with Crippen LogP contribution in [0.15, 0.2) is 66.3 Å². The summed E-state index contributed by atoms with van der Waals surface area (Å²) >= 11 is 0. The highest BCUT2D eigenvalue weighted by atomic mass is 16.5. The summed E-state index contributed by atoms with van der Waals surface area (Å²) in [6, 6.07) is 15.5. The molecule has 1 aliphatic heterocycles. The zero-order chi connectivity index (χ0) is 20.1. The molecule has 0 amide bonds. The molecule has 0 N–H and O–H groups in total. The molecule has 0 aromatic heterocycles. The topological polar surface area (TPSA) is 46.6 Å². The molecule has 0 aliphatic carbocycles. The fourth-order valence-corrected chi connectivity index (χ4v) is 3.51. The number of allylic oxidation sites excluding steroid dienone is 2. The Bertz CT molecular complexity index is 924. The Morgan fingerprint density at radius 2 is 1.82 bits per heavy atom. The summed E-state index contributed by atoms with van der Waals surface area (Å²) in [5, 5.41) is 0. The lowest BCUT2D eigenvalue weighted by Crippen LogP contribution is -2.28. The number of fused-ring (bicyclic) bond motifs is 1. The van der Waals surface area contributed by atoms with Crippen molar-refractivity contribution >= 4 is 23.5 Å². The minimum absolute atomic E-state index is 0.0761. The predicted molar refractivity (Wildman–Crippen MR) is 113 cm³/mol. The third-order valence-corrected chi connectivity index (χ3v) is 4.96. The number of carbonyl (C=O) groups is 2. The second-order valence-corrected chi connectivity index (χ2v) is 6.72. The molecule has 3 rings (SSSR count). The second-order valence-electron chi connectivity index (χ2n) is 6.72. The smallest absolute Gasteiger partial charge is 0.340 e. The Hall–Kier alpha value is -3.14. The number of hydrogen-bond donors (Lipinski definition) is 0. The van der Waals surface area contributed by atoms with Gasteiger partial charge in [-0.15, -0.1) is 0 Å². The highest BCUT2D eigenvalue weighted by molar-refractivity contribution is 6.04. The van der Waals surface area contributed by atoms with Crippen LogP contribution in [-0.2, 0) is 9.59 Å². The molecule has 4 nitrogen and oxygen atoms in total. The van der Waals surface area contributed by atoms with Crippen LogP contribution in [-0.4, -0.2) is 24.8 Å². The molecule has 1 atom stereocenters. The summed E-state index contributed by atoms with van der Waals surface area (Å²) in [5.74, 6) is -0.684. The number of rotatable bonds is 6. The summed E-state index contributed by atoms with van der Waals surface area (Å²) in [6.07, 6.45) is 5.37. The average molecular weight is 375 g/mol. The summed E-state index contributed by atoms with van der Waals surface area (Å²) < 4.78 is 5.59. The molecule has 0 saturated carbocycles. The van der Waals surface area contributed by atoms with E-state index in [9.17, 15) is 9.59 Å². The maximum absolute atomic E-state index is 12.6. The fraction of sp³-hybridized carbons (Fsp3) is 0.250. The maximum atomic E-state index is 12.6. The fourth-order valence-electron chi connectivity index (χ4n) is 3.51. The van der Waals surface area contributed by atoms with E-state index in [1.165, 1.54) is 6.92 Å². The molecule has 144 valence electrons. The van der Waals surface area contributed by atoms with Crippen molar-refractivity contribution in [3.8, 4) is 5.75 Å². The lowest BCUT2D eigenvalue weighted by atomic mass is 9.85. The van der Waals surface area contributed by atoms with Crippen LogP contribution in [0.4, 0.5) is 5.69 Å². The molecule has 0 fully saturated rings. The number of nitrogens with zero attached hydrogens (tertiary/aromatic N) is 1. The molecule has 1 aliphatic rings. The number of carbonyl (C=O) groups excluding carboxylic acids is 2. The van der Waals surface area contributed by atoms with Gasteiger partial charge in [0.15, 0.2) is 0 Å². The van der Waals surface area contributed by atoms with E-state index in [1.54, 1.807) is 12.2 Å². The van der Waals surface area contributed by atoms with E-state index in [2.05, 4.69) is 18.7 Å². The molecule has 0 radical (unpaired) electrons. The summed E-state index contributed by atoms with van der Waals surface area (Å²) in [6.45, 7) is 7.38. The number of Topliss-reactive ketones (excluding diaryl/α,β-unsaturated/α-hetero) is 1. The predicted octanol–water partition coefficient (Wildman–Crippen LogP) is 4.76. The van der Waals surface area contributed by atoms with Crippen molar-refractivity contribution in [2.45, 2.75) is 26.7 Å². The van der Waals surface area contributed by atoms with Crippen LogP contribution in [0, 0.1) is 0 Å². The van der Waals surface area contributed by atoms with E-state index >= 15 is 0 Å². The van der Waals surface area contributed by atoms with Gasteiger partial charge in [-0.1, -0.05) is 54.6 Å². The van der Waals surface area contributed by atoms with Gasteiger partial charge in [-0.05, 0) is 32.4 Å². The average Bonchev–Trinajstić information content (AvgIpc) is 2.69. The summed E-state index contributed by atoms with van der Waals surface area (Å²) in [7, 11) is 0. The third kappa shape index (κ3) is 4.06. The van der Waals surface area contributed by atoms with Crippen LogP contribution in [0.2, 0.25) is 0 Å². The lowest BCUT2D eigenvalue weighted by Gasteiger charge is -2.28. The van der Waals surface area contributed by atoms with Crippen molar-refractivity contribution in [2.75, 3.05) is 18.0 Å². The minimum atomic E-state index is -0.609. The first-order valence-corrected chi connectivity index (χ1v) is 9.60. The van der Waals surface area contributed by atoms with Crippen LogP contribution in [0.5, 0.6) is 5.75 Å². The Labute approximate surface area is 166 Å². The zero-order valence-electron chi connectivity index (χ0n) is 16.5. The second kappa shape index (κ2) is 8.70. The SMILES string of the molecule is CCN(CC)c1ccc2c(c1)OC(=O)C(=CC=Cc1ccccc1)C2C(C)=O. The van der Waals surface area contributed by atoms with E-state index in [-0.39, 0.29) is 5.78 Å². The van der Waals surface area contributed by atoms with Gasteiger partial charge in [0.1, 0.15) is 11.5 Å². The molecule has 1 unspecified atom stereocenters. The number of anilines is 1. The van der Waals surface area contributed by atoms with Gasteiger partial charge >= 0.3 is 5.97 Å². The summed E-state index contributed by atoms with van der Waals surface area (Å²) in [4.78, 5) is 27.2. The molecule has 0 bridgehead atoms. The molecule has 2 aromatic rings. The van der Waals surface area contributed by atoms with Crippen LogP contribution in [0.25, 0.3) is 6.08 Å². The van der Waals surface area contributed by atoms with E-state index in [1.807, 2.05) is 54.6 Å². The quantitative estimate of drug-likeness (QED) is 0.415. The molecule has 0 saturated heterocycles. The normalized spacial score (nSPS) is 17.5.